The molecule has 0 radical (unpaired) electrons. The molecule has 4 aliphatic heterocycles. The molecule has 1 saturated carbocycles. The van der Waals surface area contributed by atoms with Crippen molar-refractivity contribution in [2.24, 2.45) is 17.8 Å². The van der Waals surface area contributed by atoms with Gasteiger partial charge >= 0.3 is 0 Å². The summed E-state index contributed by atoms with van der Waals surface area (Å²) in [5, 5.41) is 0. The number of rotatable bonds is 2. The first-order chi connectivity index (χ1) is 13.0. The van der Waals surface area contributed by atoms with E-state index in [0.717, 1.165) is 30.6 Å². The first-order valence-electron chi connectivity index (χ1n) is 10.2. The highest BCUT2D eigenvalue weighted by atomic mass is 17.3. The minimum absolute atomic E-state index is 0.260. The van der Waals surface area contributed by atoms with Crippen molar-refractivity contribution in [2.75, 3.05) is 0 Å². The molecule has 6 atom stereocenters. The minimum Gasteiger partial charge on any atom is -0.462 e. The van der Waals surface area contributed by atoms with Crippen LogP contribution >= 0.6 is 0 Å². The second-order valence-electron chi connectivity index (χ2n) is 8.77. The lowest BCUT2D eigenvalue weighted by molar-refractivity contribution is -0.555. The minimum atomic E-state index is -0.725. The Labute approximate surface area is 161 Å². The molecule has 1 aliphatic carbocycles. The Hall–Kier alpha value is -1.62. The van der Waals surface area contributed by atoms with Crippen LogP contribution in [0, 0.1) is 17.8 Å². The Morgan fingerprint density at radius 3 is 2.67 bits per heavy atom. The fourth-order valence-electron chi connectivity index (χ4n) is 5.54. The molecule has 1 aromatic rings. The number of hydrogen-bond acceptors (Lipinski definition) is 4. The summed E-state index contributed by atoms with van der Waals surface area (Å²) in [6.07, 6.45) is 7.94. The molecular formula is C23H28O4. The van der Waals surface area contributed by atoms with E-state index < -0.39 is 17.7 Å². The van der Waals surface area contributed by atoms with Gasteiger partial charge < -0.3 is 9.47 Å². The third-order valence-electron chi connectivity index (χ3n) is 7.09. The van der Waals surface area contributed by atoms with E-state index in [9.17, 15) is 0 Å². The number of hydrogen-bond donors (Lipinski definition) is 0. The molecule has 4 heterocycles. The molecule has 0 amide bonds. The number of allylic oxidation sites excluding steroid dienone is 1. The zero-order chi connectivity index (χ0) is 18.6. The van der Waals surface area contributed by atoms with Crippen molar-refractivity contribution in [2.45, 2.75) is 64.1 Å². The fraction of sp³-hybridized carbons (Fsp3) is 0.565. The van der Waals surface area contributed by atoms with Crippen LogP contribution in [0.3, 0.4) is 0 Å². The molecule has 4 heteroatoms. The second kappa shape index (κ2) is 6.20. The van der Waals surface area contributed by atoms with Crippen molar-refractivity contribution in [3.05, 3.63) is 53.3 Å². The standard InChI is InChI=1S/C23H28O4/c1-15-9-11-19-16(2)20(12-10-17-7-5-4-6-8-17)24-21-23(19)18(15)13-14-22(3,25-21)26-27-23/h4-8,10,12,15,18-19,21H,9,11,13-14H2,1-3H3/b12-10-/t15-,18+,19+,21-,22+,23-/m1/s1. The average molecular weight is 368 g/mol. The highest BCUT2D eigenvalue weighted by Gasteiger charge is 2.68. The molecule has 4 nitrogen and oxygen atoms in total. The van der Waals surface area contributed by atoms with Crippen molar-refractivity contribution in [1.29, 1.82) is 0 Å². The van der Waals surface area contributed by atoms with Crippen LogP contribution in [0.5, 0.6) is 0 Å². The monoisotopic (exact) mass is 368 g/mol. The van der Waals surface area contributed by atoms with E-state index in [-0.39, 0.29) is 5.92 Å². The maximum Gasteiger partial charge on any atom is 0.235 e. The van der Waals surface area contributed by atoms with Gasteiger partial charge in [0.1, 0.15) is 5.76 Å². The Morgan fingerprint density at radius 1 is 1.04 bits per heavy atom. The average Bonchev–Trinajstić information content (AvgIpc) is 2.90. The smallest absolute Gasteiger partial charge is 0.235 e. The van der Waals surface area contributed by atoms with E-state index in [1.54, 1.807) is 0 Å². The largest absolute Gasteiger partial charge is 0.462 e. The quantitative estimate of drug-likeness (QED) is 0.671. The molecule has 3 saturated heterocycles. The summed E-state index contributed by atoms with van der Waals surface area (Å²) in [5.74, 6) is 1.41. The fourth-order valence-corrected chi connectivity index (χ4v) is 5.54. The highest BCUT2D eigenvalue weighted by Crippen LogP contribution is 2.60. The maximum atomic E-state index is 6.44. The third-order valence-corrected chi connectivity index (χ3v) is 7.09. The van der Waals surface area contributed by atoms with E-state index in [1.165, 1.54) is 12.0 Å². The predicted octanol–water partition coefficient (Wildman–Crippen LogP) is 5.22. The molecule has 0 unspecified atom stereocenters. The van der Waals surface area contributed by atoms with Gasteiger partial charge in [0.05, 0.1) is 0 Å². The van der Waals surface area contributed by atoms with Gasteiger partial charge in [0.15, 0.2) is 5.60 Å². The molecule has 27 heavy (non-hydrogen) atoms. The lowest BCUT2D eigenvalue weighted by Gasteiger charge is -2.57. The van der Waals surface area contributed by atoms with Crippen LogP contribution in [0.2, 0.25) is 0 Å². The molecule has 2 bridgehead atoms. The molecule has 6 rings (SSSR count). The van der Waals surface area contributed by atoms with Gasteiger partial charge in [-0.1, -0.05) is 43.3 Å². The molecule has 4 fully saturated rings. The summed E-state index contributed by atoms with van der Waals surface area (Å²) in [6, 6.07) is 10.3. The molecule has 0 N–H and O–H groups in total. The van der Waals surface area contributed by atoms with E-state index in [4.69, 9.17) is 19.2 Å². The Bertz CT molecular complexity index is 785. The Kier molecular flexibility index (Phi) is 4.01. The zero-order valence-electron chi connectivity index (χ0n) is 16.3. The lowest BCUT2D eigenvalue weighted by atomic mass is 9.59. The molecule has 5 aliphatic rings. The van der Waals surface area contributed by atoms with Crippen LogP contribution in [0.1, 0.15) is 52.0 Å². The highest BCUT2D eigenvalue weighted by molar-refractivity contribution is 5.52. The molecule has 144 valence electrons. The van der Waals surface area contributed by atoms with Gasteiger partial charge in [-0.25, -0.2) is 9.78 Å². The summed E-state index contributed by atoms with van der Waals surface area (Å²) in [5.41, 5.74) is 1.88. The van der Waals surface area contributed by atoms with Gasteiger partial charge in [-0.15, -0.1) is 0 Å². The van der Waals surface area contributed by atoms with Gasteiger partial charge in [-0.05, 0) is 56.2 Å². The number of ether oxygens (including phenoxy) is 2. The van der Waals surface area contributed by atoms with Gasteiger partial charge in [-0.2, -0.15) is 0 Å². The van der Waals surface area contributed by atoms with Gasteiger partial charge in [0.2, 0.25) is 12.1 Å². The summed E-state index contributed by atoms with van der Waals surface area (Å²) < 4.78 is 12.8. The van der Waals surface area contributed by atoms with Crippen LogP contribution < -0.4 is 0 Å². The van der Waals surface area contributed by atoms with Crippen LogP contribution in [0.4, 0.5) is 0 Å². The normalized spacial score (nSPS) is 43.4. The SMILES string of the molecule is CC1=C(/C=C\c2ccccc2)O[C@@H]2O[C@]3(C)CC[C@H]4[C@H](C)CC[C@@H]1[C@@]24OO3. The van der Waals surface area contributed by atoms with Gasteiger partial charge in [0.25, 0.3) is 0 Å². The summed E-state index contributed by atoms with van der Waals surface area (Å²) in [4.78, 5) is 12.0. The number of benzene rings is 1. The van der Waals surface area contributed by atoms with Crippen LogP contribution in [0.15, 0.2) is 47.7 Å². The van der Waals surface area contributed by atoms with Crippen LogP contribution in [0.25, 0.3) is 6.08 Å². The lowest BCUT2D eigenvalue weighted by Crippen LogP contribution is -2.66. The first kappa shape index (κ1) is 17.5. The second-order valence-corrected chi connectivity index (χ2v) is 8.77. The zero-order valence-corrected chi connectivity index (χ0v) is 16.3. The molecule has 0 aromatic heterocycles. The third kappa shape index (κ3) is 2.61. The van der Waals surface area contributed by atoms with Gasteiger partial charge in [0, 0.05) is 18.3 Å². The maximum absolute atomic E-state index is 6.44. The van der Waals surface area contributed by atoms with Crippen molar-refractivity contribution in [3.8, 4) is 0 Å². The predicted molar refractivity (Wildman–Crippen MR) is 102 cm³/mol. The van der Waals surface area contributed by atoms with Crippen molar-refractivity contribution in [1.82, 2.24) is 0 Å². The molecule has 1 aromatic carbocycles. The van der Waals surface area contributed by atoms with Crippen molar-refractivity contribution in [3.63, 3.8) is 0 Å². The Morgan fingerprint density at radius 2 is 1.85 bits per heavy atom. The van der Waals surface area contributed by atoms with Crippen LogP contribution in [-0.4, -0.2) is 17.7 Å². The van der Waals surface area contributed by atoms with E-state index in [1.807, 2.05) is 25.1 Å². The Balaban J connectivity index is 1.55. The molecule has 1 spiro atoms. The van der Waals surface area contributed by atoms with Gasteiger partial charge in [-0.3, -0.25) is 0 Å². The molecular weight excluding hydrogens is 340 g/mol. The summed E-state index contributed by atoms with van der Waals surface area (Å²) >= 11 is 0. The summed E-state index contributed by atoms with van der Waals surface area (Å²) in [6.45, 7) is 6.47. The first-order valence-corrected chi connectivity index (χ1v) is 10.2. The van der Waals surface area contributed by atoms with E-state index in [2.05, 4.69) is 38.1 Å². The van der Waals surface area contributed by atoms with Crippen LogP contribution in [-0.2, 0) is 19.2 Å². The topological polar surface area (TPSA) is 36.9 Å². The van der Waals surface area contributed by atoms with E-state index in [0.29, 0.717) is 11.8 Å². The van der Waals surface area contributed by atoms with E-state index >= 15 is 0 Å². The summed E-state index contributed by atoms with van der Waals surface area (Å²) in [7, 11) is 0. The van der Waals surface area contributed by atoms with Crippen molar-refractivity contribution < 1.29 is 19.2 Å². The number of fused-ring (bicyclic) bond motifs is 2. The van der Waals surface area contributed by atoms with Crippen molar-refractivity contribution >= 4 is 6.08 Å².